The molecule has 3 aromatic rings. The van der Waals surface area contributed by atoms with Gasteiger partial charge >= 0.3 is 0 Å². The van der Waals surface area contributed by atoms with Crippen molar-refractivity contribution in [2.45, 2.75) is 20.3 Å². The Hall–Kier alpha value is -2.24. The Labute approximate surface area is 155 Å². The van der Waals surface area contributed by atoms with Gasteiger partial charge in [0.15, 0.2) is 11.4 Å². The number of carbonyl (C=O) groups excluding carboxylic acids is 1. The van der Waals surface area contributed by atoms with Crippen LogP contribution in [0, 0.1) is 0 Å². The number of para-hydroxylation sites is 1. The van der Waals surface area contributed by atoms with Gasteiger partial charge in [0.2, 0.25) is 0 Å². The van der Waals surface area contributed by atoms with Crippen LogP contribution < -0.4 is 10.1 Å². The zero-order chi connectivity index (χ0) is 18.0. The summed E-state index contributed by atoms with van der Waals surface area (Å²) in [6.45, 7) is 4.37. The molecule has 0 bridgehead atoms. The molecular weight excluding hydrogens is 361 g/mol. The predicted octanol–water partition coefficient (Wildman–Crippen LogP) is 4.85. The average molecular weight is 378 g/mol. The highest BCUT2D eigenvalue weighted by Crippen LogP contribution is 2.31. The number of nitrogens with zero attached hydrogens (tertiary/aromatic N) is 2. The summed E-state index contributed by atoms with van der Waals surface area (Å²) >= 11 is 12.3. The molecule has 0 aliphatic heterocycles. The molecule has 0 aliphatic carbocycles. The number of hydrogen-bond donors (Lipinski definition) is 1. The van der Waals surface area contributed by atoms with E-state index in [2.05, 4.69) is 10.3 Å². The molecule has 2 aromatic heterocycles. The van der Waals surface area contributed by atoms with E-state index in [1.807, 2.05) is 26.0 Å². The van der Waals surface area contributed by atoms with Gasteiger partial charge in [0, 0.05) is 6.20 Å². The Morgan fingerprint density at radius 3 is 2.56 bits per heavy atom. The van der Waals surface area contributed by atoms with Gasteiger partial charge in [-0.1, -0.05) is 36.2 Å². The molecule has 25 heavy (non-hydrogen) atoms. The molecule has 3 rings (SSSR count). The maximum absolute atomic E-state index is 12.9. The van der Waals surface area contributed by atoms with Gasteiger partial charge < -0.3 is 10.1 Å². The predicted molar refractivity (Wildman–Crippen MR) is 100 cm³/mol. The van der Waals surface area contributed by atoms with Gasteiger partial charge in [0.1, 0.15) is 5.69 Å². The van der Waals surface area contributed by atoms with E-state index in [1.165, 1.54) is 0 Å². The molecule has 130 valence electrons. The number of anilines is 1. The summed E-state index contributed by atoms with van der Waals surface area (Å²) < 4.78 is 7.34. The summed E-state index contributed by atoms with van der Waals surface area (Å²) in [7, 11) is 0. The third kappa shape index (κ3) is 3.30. The van der Waals surface area contributed by atoms with Crippen LogP contribution in [0.15, 0.2) is 36.5 Å². The Bertz CT molecular complexity index is 917. The number of pyridine rings is 1. The molecule has 1 N–H and O–H groups in total. The number of ether oxygens (including phenoxy) is 1. The third-order valence-electron chi connectivity index (χ3n) is 3.74. The monoisotopic (exact) mass is 377 g/mol. The zero-order valence-corrected chi connectivity index (χ0v) is 15.4. The fourth-order valence-corrected chi connectivity index (χ4v) is 3.13. The van der Waals surface area contributed by atoms with Crippen molar-refractivity contribution in [3.05, 3.63) is 58.0 Å². The van der Waals surface area contributed by atoms with Gasteiger partial charge in [-0.05, 0) is 37.6 Å². The van der Waals surface area contributed by atoms with E-state index in [1.54, 1.807) is 28.8 Å². The second-order valence-corrected chi connectivity index (χ2v) is 6.12. The van der Waals surface area contributed by atoms with Crippen molar-refractivity contribution in [2.24, 2.45) is 0 Å². The minimum absolute atomic E-state index is 0.326. The maximum atomic E-state index is 12.9. The van der Waals surface area contributed by atoms with Crippen LogP contribution >= 0.6 is 23.2 Å². The number of fused-ring (bicyclic) bond motifs is 1. The molecule has 1 aromatic carbocycles. The van der Waals surface area contributed by atoms with E-state index in [-0.39, 0.29) is 5.91 Å². The Kier molecular flexibility index (Phi) is 5.16. The molecule has 2 heterocycles. The number of carbonyl (C=O) groups is 1. The number of aryl methyl sites for hydroxylation is 1. The third-order valence-corrected chi connectivity index (χ3v) is 4.37. The quantitative estimate of drug-likeness (QED) is 0.690. The van der Waals surface area contributed by atoms with Crippen molar-refractivity contribution in [3.8, 4) is 5.75 Å². The first-order valence-corrected chi connectivity index (χ1v) is 8.70. The molecule has 0 aliphatic rings. The minimum atomic E-state index is -0.326. The Morgan fingerprint density at radius 2 is 1.92 bits per heavy atom. The number of aromatic nitrogens is 2. The van der Waals surface area contributed by atoms with E-state index in [4.69, 9.17) is 27.9 Å². The smallest absolute Gasteiger partial charge is 0.274 e. The van der Waals surface area contributed by atoms with Crippen LogP contribution in [0.3, 0.4) is 0 Å². The first kappa shape index (κ1) is 17.6. The number of benzene rings is 1. The molecule has 0 spiro atoms. The molecule has 0 fully saturated rings. The van der Waals surface area contributed by atoms with Crippen molar-refractivity contribution in [1.82, 2.24) is 9.38 Å². The summed E-state index contributed by atoms with van der Waals surface area (Å²) in [6, 6.07) is 8.72. The van der Waals surface area contributed by atoms with Crippen LogP contribution in [0.4, 0.5) is 5.69 Å². The highest BCUT2D eigenvalue weighted by Gasteiger charge is 2.21. The molecule has 5 nitrogen and oxygen atoms in total. The number of hydrogen-bond acceptors (Lipinski definition) is 3. The number of nitrogens with one attached hydrogen (secondary N) is 1. The van der Waals surface area contributed by atoms with Crippen molar-refractivity contribution >= 4 is 40.4 Å². The number of halogens is 2. The van der Waals surface area contributed by atoms with Crippen molar-refractivity contribution in [2.75, 3.05) is 11.9 Å². The van der Waals surface area contributed by atoms with Crippen LogP contribution in [0.1, 0.15) is 30.0 Å². The van der Waals surface area contributed by atoms with E-state index < -0.39 is 0 Å². The molecule has 0 unspecified atom stereocenters. The van der Waals surface area contributed by atoms with Gasteiger partial charge in [-0.15, -0.1) is 0 Å². The van der Waals surface area contributed by atoms with E-state index in [0.717, 1.165) is 0 Å². The summed E-state index contributed by atoms with van der Waals surface area (Å²) in [6.07, 6.45) is 2.39. The molecule has 0 atom stereocenters. The second-order valence-electron chi connectivity index (χ2n) is 5.31. The maximum Gasteiger partial charge on any atom is 0.274 e. The number of amides is 1. The molecule has 0 radical (unpaired) electrons. The topological polar surface area (TPSA) is 55.6 Å². The highest BCUT2D eigenvalue weighted by molar-refractivity contribution is 6.40. The van der Waals surface area contributed by atoms with Crippen LogP contribution in [-0.2, 0) is 6.42 Å². The first-order valence-electron chi connectivity index (χ1n) is 7.94. The molecular formula is C18H17Cl2N3O2. The average Bonchev–Trinajstić information content (AvgIpc) is 2.98. The van der Waals surface area contributed by atoms with Gasteiger partial charge in [0.05, 0.1) is 28.0 Å². The number of imidazole rings is 1. The van der Waals surface area contributed by atoms with Crippen LogP contribution in [0.2, 0.25) is 10.0 Å². The largest absolute Gasteiger partial charge is 0.490 e. The fourth-order valence-electron chi connectivity index (χ4n) is 2.63. The lowest BCUT2D eigenvalue weighted by atomic mass is 10.2. The van der Waals surface area contributed by atoms with Crippen LogP contribution in [0.25, 0.3) is 5.65 Å². The number of rotatable bonds is 5. The summed E-state index contributed by atoms with van der Waals surface area (Å²) in [4.78, 5) is 17.5. The fraction of sp³-hybridized carbons (Fsp3) is 0.222. The van der Waals surface area contributed by atoms with Crippen LogP contribution in [0.5, 0.6) is 5.75 Å². The normalized spacial score (nSPS) is 10.9. The van der Waals surface area contributed by atoms with Gasteiger partial charge in [0.25, 0.3) is 5.91 Å². The minimum Gasteiger partial charge on any atom is -0.490 e. The van der Waals surface area contributed by atoms with E-state index >= 15 is 0 Å². The molecule has 7 heteroatoms. The van der Waals surface area contributed by atoms with Gasteiger partial charge in [-0.3, -0.25) is 9.20 Å². The SMILES string of the molecule is CCOc1cccn2c(C(=O)Nc3c(Cl)cccc3Cl)c(CC)nc12. The highest BCUT2D eigenvalue weighted by atomic mass is 35.5. The van der Waals surface area contributed by atoms with Gasteiger partial charge in [-0.2, -0.15) is 0 Å². The molecule has 0 saturated carbocycles. The Balaban J connectivity index is 2.08. The lowest BCUT2D eigenvalue weighted by molar-refractivity contribution is 0.102. The lowest BCUT2D eigenvalue weighted by Crippen LogP contribution is -2.17. The standard InChI is InChI=1S/C18H17Cl2N3O2/c1-3-13-16(18(24)22-15-11(19)7-5-8-12(15)20)23-10-6-9-14(25-4-2)17(23)21-13/h5-10H,3-4H2,1-2H3,(H,22,24). The van der Waals surface area contributed by atoms with E-state index in [0.29, 0.717) is 51.5 Å². The van der Waals surface area contributed by atoms with Gasteiger partial charge in [-0.25, -0.2) is 4.98 Å². The lowest BCUT2D eigenvalue weighted by Gasteiger charge is -2.10. The van der Waals surface area contributed by atoms with E-state index in [9.17, 15) is 4.79 Å². The molecule has 1 amide bonds. The molecule has 0 saturated heterocycles. The second kappa shape index (κ2) is 7.33. The summed E-state index contributed by atoms with van der Waals surface area (Å²) in [5.41, 5.74) is 2.10. The Morgan fingerprint density at radius 1 is 1.20 bits per heavy atom. The van der Waals surface area contributed by atoms with Crippen molar-refractivity contribution < 1.29 is 9.53 Å². The first-order chi connectivity index (χ1) is 12.1. The van der Waals surface area contributed by atoms with Crippen molar-refractivity contribution in [1.29, 1.82) is 0 Å². The zero-order valence-electron chi connectivity index (χ0n) is 13.8. The van der Waals surface area contributed by atoms with Crippen LogP contribution in [-0.4, -0.2) is 21.9 Å². The van der Waals surface area contributed by atoms with Crippen molar-refractivity contribution in [3.63, 3.8) is 0 Å². The summed E-state index contributed by atoms with van der Waals surface area (Å²) in [5, 5.41) is 3.55. The summed E-state index contributed by atoms with van der Waals surface area (Å²) in [5.74, 6) is 0.308.